The predicted octanol–water partition coefficient (Wildman–Crippen LogP) is 2.41. The van der Waals surface area contributed by atoms with Crippen LogP contribution in [0.1, 0.15) is 24.2 Å². The largest absolute Gasteiger partial charge is 0.331 e. The van der Waals surface area contributed by atoms with Crippen molar-refractivity contribution in [3.8, 4) is 0 Å². The number of carbonyl (C=O) groups is 1. The van der Waals surface area contributed by atoms with Crippen LogP contribution in [-0.2, 0) is 0 Å². The van der Waals surface area contributed by atoms with Crippen LogP contribution in [0.15, 0.2) is 22.7 Å². The third-order valence-electron chi connectivity index (χ3n) is 3.21. The Balaban J connectivity index is 2.27. The summed E-state index contributed by atoms with van der Waals surface area (Å²) in [6.45, 7) is 6.27. The van der Waals surface area contributed by atoms with E-state index in [1.54, 1.807) is 0 Å². The summed E-state index contributed by atoms with van der Waals surface area (Å²) < 4.78 is 13.5. The number of halogens is 2. The maximum absolute atomic E-state index is 13.2. The highest BCUT2D eigenvalue weighted by Gasteiger charge is 2.33. The number of nitrogens with zero attached hydrogens (tertiary/aromatic N) is 1. The molecule has 0 bridgehead atoms. The molecule has 1 heterocycles. The van der Waals surface area contributed by atoms with Gasteiger partial charge >= 0.3 is 0 Å². The number of rotatable bonds is 1. The van der Waals surface area contributed by atoms with Crippen molar-refractivity contribution in [3.63, 3.8) is 0 Å². The molecule has 98 valence electrons. The summed E-state index contributed by atoms with van der Waals surface area (Å²) in [5.74, 6) is -0.409. The van der Waals surface area contributed by atoms with Gasteiger partial charge < -0.3 is 10.2 Å². The van der Waals surface area contributed by atoms with Crippen molar-refractivity contribution in [1.82, 2.24) is 10.2 Å². The highest BCUT2D eigenvalue weighted by molar-refractivity contribution is 9.10. The number of amides is 1. The number of hydrogen-bond donors (Lipinski definition) is 1. The zero-order chi connectivity index (χ0) is 13.3. The van der Waals surface area contributed by atoms with Gasteiger partial charge in [0.15, 0.2) is 0 Å². The Bertz CT molecular complexity index is 476. The molecule has 1 N–H and O–H groups in total. The third-order valence-corrected chi connectivity index (χ3v) is 3.82. The molecule has 1 aliphatic heterocycles. The molecule has 2 rings (SSSR count). The van der Waals surface area contributed by atoms with E-state index in [0.717, 1.165) is 13.1 Å². The van der Waals surface area contributed by atoms with E-state index in [2.05, 4.69) is 21.2 Å². The van der Waals surface area contributed by atoms with Gasteiger partial charge in [0.05, 0.1) is 10.0 Å². The van der Waals surface area contributed by atoms with E-state index in [0.29, 0.717) is 16.6 Å². The molecule has 0 radical (unpaired) electrons. The predicted molar refractivity (Wildman–Crippen MR) is 72.1 cm³/mol. The normalized spacial score (nSPS) is 18.8. The Morgan fingerprint density at radius 1 is 1.50 bits per heavy atom. The smallest absolute Gasteiger partial charge is 0.254 e. The van der Waals surface area contributed by atoms with Crippen LogP contribution in [0.2, 0.25) is 0 Å². The molecule has 3 nitrogen and oxygen atoms in total. The van der Waals surface area contributed by atoms with E-state index < -0.39 is 0 Å². The molecule has 0 aliphatic carbocycles. The molecule has 1 aliphatic rings. The van der Waals surface area contributed by atoms with Crippen LogP contribution in [0.3, 0.4) is 0 Å². The SMILES string of the molecule is CC1(C)CNCCN1C(=O)c1ccc(F)c(Br)c1. The minimum absolute atomic E-state index is 0.0535. The lowest BCUT2D eigenvalue weighted by molar-refractivity contribution is 0.0477. The van der Waals surface area contributed by atoms with Gasteiger partial charge in [0.2, 0.25) is 0 Å². The fourth-order valence-electron chi connectivity index (χ4n) is 2.14. The van der Waals surface area contributed by atoms with Crippen LogP contribution in [0, 0.1) is 5.82 Å². The second-order valence-corrected chi connectivity index (χ2v) is 5.93. The Morgan fingerprint density at radius 2 is 2.22 bits per heavy atom. The van der Waals surface area contributed by atoms with Gasteiger partial charge in [0, 0.05) is 25.2 Å². The fourth-order valence-corrected chi connectivity index (χ4v) is 2.52. The van der Waals surface area contributed by atoms with Crippen molar-refractivity contribution >= 4 is 21.8 Å². The standard InChI is InChI=1S/C13H16BrFN2O/c1-13(2)8-16-5-6-17(13)12(18)9-3-4-11(15)10(14)7-9/h3-4,7,16H,5-6,8H2,1-2H3. The molecule has 1 aromatic carbocycles. The van der Waals surface area contributed by atoms with Gasteiger partial charge in [-0.3, -0.25) is 4.79 Å². The van der Waals surface area contributed by atoms with Crippen LogP contribution < -0.4 is 5.32 Å². The fraction of sp³-hybridized carbons (Fsp3) is 0.462. The quantitative estimate of drug-likeness (QED) is 0.863. The summed E-state index contributed by atoms with van der Waals surface area (Å²) in [6, 6.07) is 4.38. The van der Waals surface area contributed by atoms with Crippen LogP contribution in [0.25, 0.3) is 0 Å². The highest BCUT2D eigenvalue weighted by Crippen LogP contribution is 2.22. The van der Waals surface area contributed by atoms with E-state index in [4.69, 9.17) is 0 Å². The molecule has 5 heteroatoms. The van der Waals surface area contributed by atoms with Crippen molar-refractivity contribution in [1.29, 1.82) is 0 Å². The minimum Gasteiger partial charge on any atom is -0.331 e. The third kappa shape index (κ3) is 2.57. The second-order valence-electron chi connectivity index (χ2n) is 5.07. The maximum Gasteiger partial charge on any atom is 0.254 e. The van der Waals surface area contributed by atoms with Crippen LogP contribution in [-0.4, -0.2) is 36.0 Å². The first-order chi connectivity index (χ1) is 8.42. The molecule has 0 unspecified atom stereocenters. The molecule has 1 amide bonds. The first-order valence-corrected chi connectivity index (χ1v) is 6.69. The van der Waals surface area contributed by atoms with Gasteiger partial charge in [0.25, 0.3) is 5.91 Å². The van der Waals surface area contributed by atoms with Crippen molar-refractivity contribution in [2.75, 3.05) is 19.6 Å². The van der Waals surface area contributed by atoms with Gasteiger partial charge in [0.1, 0.15) is 5.82 Å². The summed E-state index contributed by atoms with van der Waals surface area (Å²) in [5, 5.41) is 3.27. The average Bonchev–Trinajstić information content (AvgIpc) is 2.31. The molecule has 1 saturated heterocycles. The van der Waals surface area contributed by atoms with Gasteiger partial charge in [-0.15, -0.1) is 0 Å². The monoisotopic (exact) mass is 314 g/mol. The Labute approximate surface area is 114 Å². The van der Waals surface area contributed by atoms with E-state index >= 15 is 0 Å². The van der Waals surface area contributed by atoms with E-state index in [1.165, 1.54) is 18.2 Å². The Morgan fingerprint density at radius 3 is 2.83 bits per heavy atom. The molecule has 0 aromatic heterocycles. The number of carbonyl (C=O) groups excluding carboxylic acids is 1. The molecule has 18 heavy (non-hydrogen) atoms. The summed E-state index contributed by atoms with van der Waals surface area (Å²) in [7, 11) is 0. The van der Waals surface area contributed by atoms with Gasteiger partial charge in [-0.05, 0) is 48.0 Å². The summed E-state index contributed by atoms with van der Waals surface area (Å²) >= 11 is 3.11. The zero-order valence-corrected chi connectivity index (χ0v) is 12.1. The molecular weight excluding hydrogens is 299 g/mol. The topological polar surface area (TPSA) is 32.3 Å². The molecule has 1 fully saturated rings. The summed E-state index contributed by atoms with van der Waals surface area (Å²) in [6.07, 6.45) is 0. The molecule has 1 aromatic rings. The van der Waals surface area contributed by atoms with E-state index in [1.807, 2.05) is 18.7 Å². The highest BCUT2D eigenvalue weighted by atomic mass is 79.9. The molecule has 0 atom stereocenters. The van der Waals surface area contributed by atoms with Crippen LogP contribution in [0.5, 0.6) is 0 Å². The lowest BCUT2D eigenvalue weighted by atomic mass is 9.99. The van der Waals surface area contributed by atoms with Gasteiger partial charge in [-0.1, -0.05) is 0 Å². The van der Waals surface area contributed by atoms with Gasteiger partial charge in [-0.25, -0.2) is 4.39 Å². The van der Waals surface area contributed by atoms with Gasteiger partial charge in [-0.2, -0.15) is 0 Å². The second kappa shape index (κ2) is 4.97. The van der Waals surface area contributed by atoms with Crippen molar-refractivity contribution < 1.29 is 9.18 Å². The van der Waals surface area contributed by atoms with Crippen LogP contribution in [0.4, 0.5) is 4.39 Å². The van der Waals surface area contributed by atoms with Crippen molar-refractivity contribution in [2.24, 2.45) is 0 Å². The lowest BCUT2D eigenvalue weighted by Gasteiger charge is -2.42. The van der Waals surface area contributed by atoms with Crippen molar-refractivity contribution in [2.45, 2.75) is 19.4 Å². The Kier molecular flexibility index (Phi) is 3.73. The number of benzene rings is 1. The van der Waals surface area contributed by atoms with E-state index in [-0.39, 0.29) is 17.3 Å². The Hall–Kier alpha value is -0.940. The maximum atomic E-state index is 13.2. The number of nitrogens with one attached hydrogen (secondary N) is 1. The zero-order valence-electron chi connectivity index (χ0n) is 10.5. The lowest BCUT2D eigenvalue weighted by Crippen LogP contribution is -2.59. The molecule has 0 spiro atoms. The minimum atomic E-state index is -0.355. The first-order valence-electron chi connectivity index (χ1n) is 5.89. The molecule has 0 saturated carbocycles. The van der Waals surface area contributed by atoms with E-state index in [9.17, 15) is 9.18 Å². The first kappa shape index (κ1) is 13.5. The summed E-state index contributed by atoms with van der Waals surface area (Å²) in [5.41, 5.74) is 0.286. The number of piperazine rings is 1. The number of hydrogen-bond acceptors (Lipinski definition) is 2. The summed E-state index contributed by atoms with van der Waals surface area (Å²) in [4.78, 5) is 14.3. The van der Waals surface area contributed by atoms with Crippen molar-refractivity contribution in [3.05, 3.63) is 34.1 Å². The van der Waals surface area contributed by atoms with Crippen LogP contribution >= 0.6 is 15.9 Å². The molecular formula is C13H16BrFN2O. The average molecular weight is 315 g/mol.